The van der Waals surface area contributed by atoms with Gasteiger partial charge >= 0.3 is 0 Å². The first-order valence-electron chi connectivity index (χ1n) is 6.84. The Balaban J connectivity index is 2.97. The second kappa shape index (κ2) is 8.02. The van der Waals surface area contributed by atoms with E-state index in [0.717, 1.165) is 23.5 Å². The smallest absolute Gasteiger partial charge is 0.165 e. The number of para-hydroxylation sites is 1. The van der Waals surface area contributed by atoms with Gasteiger partial charge in [0.2, 0.25) is 0 Å². The van der Waals surface area contributed by atoms with E-state index in [1.54, 1.807) is 14.2 Å². The van der Waals surface area contributed by atoms with Gasteiger partial charge in [-0.25, -0.2) is 0 Å². The fraction of sp³-hybridized carbons (Fsp3) is 0.600. The summed E-state index contributed by atoms with van der Waals surface area (Å²) in [5.41, 5.74) is 3.95. The van der Waals surface area contributed by atoms with Crippen LogP contribution in [0.1, 0.15) is 44.7 Å². The molecule has 2 atom stereocenters. The molecule has 1 aromatic rings. The molecule has 4 nitrogen and oxygen atoms in total. The summed E-state index contributed by atoms with van der Waals surface area (Å²) in [7, 11) is 3.30. The van der Waals surface area contributed by atoms with Crippen LogP contribution in [0.15, 0.2) is 18.2 Å². The van der Waals surface area contributed by atoms with E-state index in [1.165, 1.54) is 12.8 Å². The van der Waals surface area contributed by atoms with Crippen molar-refractivity contribution in [3.05, 3.63) is 23.8 Å². The molecule has 0 bridgehead atoms. The fourth-order valence-electron chi connectivity index (χ4n) is 2.48. The van der Waals surface area contributed by atoms with Crippen molar-refractivity contribution in [1.29, 1.82) is 0 Å². The van der Waals surface area contributed by atoms with Crippen molar-refractivity contribution in [1.82, 2.24) is 5.43 Å². The molecule has 0 saturated carbocycles. The average Bonchev–Trinajstić information content (AvgIpc) is 2.44. The van der Waals surface area contributed by atoms with Crippen LogP contribution in [0.4, 0.5) is 0 Å². The molecule has 0 saturated heterocycles. The Morgan fingerprint density at radius 2 is 2.00 bits per heavy atom. The van der Waals surface area contributed by atoms with Gasteiger partial charge in [0, 0.05) is 5.56 Å². The van der Waals surface area contributed by atoms with E-state index in [4.69, 9.17) is 15.3 Å². The highest BCUT2D eigenvalue weighted by molar-refractivity contribution is 5.48. The molecule has 19 heavy (non-hydrogen) atoms. The van der Waals surface area contributed by atoms with E-state index in [2.05, 4.69) is 19.3 Å². The summed E-state index contributed by atoms with van der Waals surface area (Å²) < 4.78 is 10.8. The van der Waals surface area contributed by atoms with Crippen LogP contribution in [-0.4, -0.2) is 14.2 Å². The van der Waals surface area contributed by atoms with Gasteiger partial charge in [-0.2, -0.15) is 0 Å². The molecule has 0 aliphatic carbocycles. The van der Waals surface area contributed by atoms with E-state index in [0.29, 0.717) is 5.92 Å². The van der Waals surface area contributed by atoms with Gasteiger partial charge in [0.15, 0.2) is 11.5 Å². The molecule has 108 valence electrons. The van der Waals surface area contributed by atoms with Crippen molar-refractivity contribution in [3.63, 3.8) is 0 Å². The number of ether oxygens (including phenoxy) is 2. The number of hydrogen-bond donors (Lipinski definition) is 2. The zero-order valence-electron chi connectivity index (χ0n) is 12.4. The SMILES string of the molecule is CCCC(C)CC(NN)c1cccc(OC)c1OC. The molecule has 0 heterocycles. The fourth-order valence-corrected chi connectivity index (χ4v) is 2.48. The molecule has 0 aromatic heterocycles. The summed E-state index contributed by atoms with van der Waals surface area (Å²) in [5.74, 6) is 7.83. The van der Waals surface area contributed by atoms with Crippen molar-refractivity contribution in [3.8, 4) is 11.5 Å². The molecule has 0 aliphatic heterocycles. The monoisotopic (exact) mass is 266 g/mol. The van der Waals surface area contributed by atoms with Crippen LogP contribution in [0, 0.1) is 5.92 Å². The molecular formula is C15H26N2O2. The number of nitrogens with one attached hydrogen (secondary N) is 1. The zero-order chi connectivity index (χ0) is 14.3. The highest BCUT2D eigenvalue weighted by Crippen LogP contribution is 2.36. The van der Waals surface area contributed by atoms with E-state index in [1.807, 2.05) is 18.2 Å². The highest BCUT2D eigenvalue weighted by Gasteiger charge is 2.20. The number of hydrazine groups is 1. The molecule has 0 spiro atoms. The quantitative estimate of drug-likeness (QED) is 0.561. The van der Waals surface area contributed by atoms with Gasteiger partial charge in [0.05, 0.1) is 20.3 Å². The number of rotatable bonds is 8. The number of benzene rings is 1. The van der Waals surface area contributed by atoms with Crippen LogP contribution < -0.4 is 20.7 Å². The van der Waals surface area contributed by atoms with Crippen LogP contribution in [0.5, 0.6) is 11.5 Å². The third kappa shape index (κ3) is 4.11. The third-order valence-electron chi connectivity index (χ3n) is 3.43. The topological polar surface area (TPSA) is 56.5 Å². The highest BCUT2D eigenvalue weighted by atomic mass is 16.5. The van der Waals surface area contributed by atoms with Gasteiger partial charge in [-0.15, -0.1) is 0 Å². The molecule has 4 heteroatoms. The van der Waals surface area contributed by atoms with Gasteiger partial charge in [0.1, 0.15) is 0 Å². The Hall–Kier alpha value is -1.26. The Bertz CT molecular complexity index is 382. The first kappa shape index (κ1) is 15.8. The van der Waals surface area contributed by atoms with Gasteiger partial charge in [0.25, 0.3) is 0 Å². The lowest BCUT2D eigenvalue weighted by molar-refractivity contribution is 0.337. The average molecular weight is 266 g/mol. The molecule has 1 rings (SSSR count). The molecular weight excluding hydrogens is 240 g/mol. The van der Waals surface area contributed by atoms with Gasteiger partial charge in [-0.1, -0.05) is 38.8 Å². The Kier molecular flexibility index (Phi) is 6.67. The van der Waals surface area contributed by atoms with Gasteiger partial charge in [-0.05, 0) is 18.4 Å². The second-order valence-corrected chi connectivity index (χ2v) is 4.93. The van der Waals surface area contributed by atoms with Gasteiger partial charge < -0.3 is 9.47 Å². The van der Waals surface area contributed by atoms with Crippen LogP contribution in [0.25, 0.3) is 0 Å². The maximum Gasteiger partial charge on any atom is 0.165 e. The maximum atomic E-state index is 5.72. The van der Waals surface area contributed by atoms with Crippen LogP contribution in [0.3, 0.4) is 0 Å². The lowest BCUT2D eigenvalue weighted by Gasteiger charge is -2.23. The summed E-state index contributed by atoms with van der Waals surface area (Å²) >= 11 is 0. The minimum atomic E-state index is 0.0756. The molecule has 2 unspecified atom stereocenters. The molecule has 0 amide bonds. The number of methoxy groups -OCH3 is 2. The maximum absolute atomic E-state index is 5.72. The second-order valence-electron chi connectivity index (χ2n) is 4.93. The van der Waals surface area contributed by atoms with Crippen molar-refractivity contribution in [2.45, 2.75) is 39.2 Å². The predicted octanol–water partition coefficient (Wildman–Crippen LogP) is 3.03. The minimum Gasteiger partial charge on any atom is -0.493 e. The van der Waals surface area contributed by atoms with Crippen molar-refractivity contribution in [2.75, 3.05) is 14.2 Å². The first-order valence-corrected chi connectivity index (χ1v) is 6.84. The molecule has 3 N–H and O–H groups in total. The van der Waals surface area contributed by atoms with E-state index < -0.39 is 0 Å². The van der Waals surface area contributed by atoms with Crippen LogP contribution in [0.2, 0.25) is 0 Å². The standard InChI is InChI=1S/C15H26N2O2/c1-5-7-11(2)10-13(17-16)12-8-6-9-14(18-3)15(12)19-4/h6,8-9,11,13,17H,5,7,10,16H2,1-4H3. The minimum absolute atomic E-state index is 0.0756. The molecule has 0 fully saturated rings. The summed E-state index contributed by atoms with van der Waals surface area (Å²) in [6.07, 6.45) is 3.37. The summed E-state index contributed by atoms with van der Waals surface area (Å²) in [6, 6.07) is 5.97. The number of hydrogen-bond acceptors (Lipinski definition) is 4. The lowest BCUT2D eigenvalue weighted by atomic mass is 9.92. The third-order valence-corrected chi connectivity index (χ3v) is 3.43. The van der Waals surface area contributed by atoms with Gasteiger partial charge in [-0.3, -0.25) is 11.3 Å². The molecule has 0 aliphatic rings. The Labute approximate surface area is 116 Å². The number of nitrogens with two attached hydrogens (primary N) is 1. The van der Waals surface area contributed by atoms with Crippen LogP contribution >= 0.6 is 0 Å². The van der Waals surface area contributed by atoms with Crippen molar-refractivity contribution in [2.24, 2.45) is 11.8 Å². The first-order chi connectivity index (χ1) is 9.17. The summed E-state index contributed by atoms with van der Waals surface area (Å²) in [5, 5.41) is 0. The summed E-state index contributed by atoms with van der Waals surface area (Å²) in [6.45, 7) is 4.45. The Morgan fingerprint density at radius 3 is 2.53 bits per heavy atom. The molecule has 0 radical (unpaired) electrons. The summed E-state index contributed by atoms with van der Waals surface area (Å²) in [4.78, 5) is 0. The van der Waals surface area contributed by atoms with Crippen molar-refractivity contribution >= 4 is 0 Å². The van der Waals surface area contributed by atoms with Crippen LogP contribution in [-0.2, 0) is 0 Å². The van der Waals surface area contributed by atoms with E-state index >= 15 is 0 Å². The predicted molar refractivity (Wildman–Crippen MR) is 78.3 cm³/mol. The van der Waals surface area contributed by atoms with Crippen molar-refractivity contribution < 1.29 is 9.47 Å². The van der Waals surface area contributed by atoms with E-state index in [-0.39, 0.29) is 6.04 Å². The Morgan fingerprint density at radius 1 is 1.26 bits per heavy atom. The largest absolute Gasteiger partial charge is 0.493 e. The zero-order valence-corrected chi connectivity index (χ0v) is 12.4. The molecule has 1 aromatic carbocycles. The normalized spacial score (nSPS) is 13.9. The lowest BCUT2D eigenvalue weighted by Crippen LogP contribution is -2.29. The van der Waals surface area contributed by atoms with E-state index in [9.17, 15) is 0 Å².